The average Bonchev–Trinajstić information content (AvgIpc) is 3.05. The highest BCUT2D eigenvalue weighted by Crippen LogP contribution is 2.30. The summed E-state index contributed by atoms with van der Waals surface area (Å²) in [5.74, 6) is -0.503. The van der Waals surface area contributed by atoms with Crippen molar-refractivity contribution in [1.29, 1.82) is 0 Å². The van der Waals surface area contributed by atoms with E-state index in [2.05, 4.69) is 10.3 Å². The number of nitrogens with one attached hydrogen (secondary N) is 2. The molecule has 0 aliphatic heterocycles. The normalized spacial score (nSPS) is 11.3. The molecule has 0 radical (unpaired) electrons. The third-order valence-electron chi connectivity index (χ3n) is 3.46. The van der Waals surface area contributed by atoms with Crippen LogP contribution in [-0.2, 0) is 6.18 Å². The van der Waals surface area contributed by atoms with Gasteiger partial charge in [0.05, 0.1) is 5.56 Å². The summed E-state index contributed by atoms with van der Waals surface area (Å²) in [5, 5.41) is 2.47. The summed E-state index contributed by atoms with van der Waals surface area (Å²) in [5.41, 5.74) is 1.22. The molecule has 0 bridgehead atoms. The molecule has 24 heavy (non-hydrogen) atoms. The van der Waals surface area contributed by atoms with Crippen LogP contribution in [0.3, 0.4) is 0 Å². The number of rotatable bonds is 3. The highest BCUT2D eigenvalue weighted by Gasteiger charge is 2.30. The van der Waals surface area contributed by atoms with Crippen molar-refractivity contribution in [2.24, 2.45) is 0 Å². The molecule has 2 N–H and O–H groups in total. The summed E-state index contributed by atoms with van der Waals surface area (Å²) in [4.78, 5) is 15.2. The average molecular weight is 330 g/mol. The predicted molar refractivity (Wildman–Crippen MR) is 85.6 cm³/mol. The fourth-order valence-corrected chi connectivity index (χ4v) is 2.29. The van der Waals surface area contributed by atoms with Crippen LogP contribution in [-0.4, -0.2) is 10.9 Å². The van der Waals surface area contributed by atoms with Crippen LogP contribution in [0.4, 0.5) is 18.9 Å². The highest BCUT2D eigenvalue weighted by molar-refractivity contribution is 6.03. The summed E-state index contributed by atoms with van der Waals surface area (Å²) in [6, 6.07) is 17.3. The number of H-pyrrole nitrogens is 1. The van der Waals surface area contributed by atoms with Crippen LogP contribution in [0.1, 0.15) is 16.1 Å². The van der Waals surface area contributed by atoms with E-state index in [1.807, 2.05) is 30.3 Å². The van der Waals surface area contributed by atoms with Gasteiger partial charge in [-0.25, -0.2) is 0 Å². The maximum atomic E-state index is 12.7. The zero-order valence-electron chi connectivity index (χ0n) is 12.4. The van der Waals surface area contributed by atoms with Gasteiger partial charge in [0.25, 0.3) is 5.91 Å². The van der Waals surface area contributed by atoms with Gasteiger partial charge in [0.15, 0.2) is 0 Å². The van der Waals surface area contributed by atoms with Crippen molar-refractivity contribution in [2.75, 3.05) is 5.32 Å². The van der Waals surface area contributed by atoms with E-state index in [-0.39, 0.29) is 11.4 Å². The van der Waals surface area contributed by atoms with Gasteiger partial charge in [0, 0.05) is 11.4 Å². The number of carbonyl (C=O) groups excluding carboxylic acids is 1. The van der Waals surface area contributed by atoms with E-state index >= 15 is 0 Å². The summed E-state index contributed by atoms with van der Waals surface area (Å²) in [6.07, 6.45) is -4.45. The van der Waals surface area contributed by atoms with Crippen LogP contribution in [0, 0.1) is 0 Å². The Hall–Kier alpha value is -3.02. The highest BCUT2D eigenvalue weighted by atomic mass is 19.4. The number of aromatic nitrogens is 1. The molecule has 1 aromatic heterocycles. The molecule has 0 saturated carbocycles. The molecule has 0 aliphatic carbocycles. The van der Waals surface area contributed by atoms with Crippen LogP contribution in [0.2, 0.25) is 0 Å². The second-order valence-electron chi connectivity index (χ2n) is 5.18. The molecule has 0 fully saturated rings. The van der Waals surface area contributed by atoms with Crippen molar-refractivity contribution in [3.8, 4) is 11.3 Å². The summed E-state index contributed by atoms with van der Waals surface area (Å²) in [7, 11) is 0. The minimum absolute atomic E-state index is 0.0886. The molecule has 0 aliphatic rings. The number of carbonyl (C=O) groups is 1. The molecule has 0 atom stereocenters. The Bertz CT molecular complexity index is 854. The van der Waals surface area contributed by atoms with Gasteiger partial charge in [-0.1, -0.05) is 36.4 Å². The van der Waals surface area contributed by atoms with Gasteiger partial charge in [-0.05, 0) is 35.9 Å². The largest absolute Gasteiger partial charge is 0.416 e. The molecule has 6 heteroatoms. The van der Waals surface area contributed by atoms with Crippen molar-refractivity contribution >= 4 is 11.6 Å². The number of alkyl halides is 3. The van der Waals surface area contributed by atoms with Gasteiger partial charge in [-0.3, -0.25) is 4.79 Å². The van der Waals surface area contributed by atoms with Crippen molar-refractivity contribution in [3.05, 3.63) is 78.0 Å². The van der Waals surface area contributed by atoms with Gasteiger partial charge in [-0.2, -0.15) is 13.2 Å². The number of halogens is 3. The second-order valence-corrected chi connectivity index (χ2v) is 5.18. The maximum absolute atomic E-state index is 12.7. The van der Waals surface area contributed by atoms with E-state index in [0.717, 1.165) is 23.4 Å². The number of benzene rings is 2. The second kappa shape index (κ2) is 6.23. The minimum atomic E-state index is -4.45. The van der Waals surface area contributed by atoms with Crippen LogP contribution >= 0.6 is 0 Å². The Labute approximate surface area is 136 Å². The first-order valence-electron chi connectivity index (χ1n) is 7.16. The van der Waals surface area contributed by atoms with E-state index in [4.69, 9.17) is 0 Å². The molecule has 3 rings (SSSR count). The number of hydrogen-bond donors (Lipinski definition) is 2. The van der Waals surface area contributed by atoms with Crippen LogP contribution in [0.25, 0.3) is 11.3 Å². The molecule has 3 aromatic rings. The predicted octanol–water partition coefficient (Wildman–Crippen LogP) is 4.95. The van der Waals surface area contributed by atoms with Crippen molar-refractivity contribution in [2.45, 2.75) is 6.18 Å². The molecular weight excluding hydrogens is 317 g/mol. The first-order valence-corrected chi connectivity index (χ1v) is 7.16. The Balaban J connectivity index is 1.78. The Morgan fingerprint density at radius 3 is 2.38 bits per heavy atom. The smallest absolute Gasteiger partial charge is 0.351 e. The van der Waals surface area contributed by atoms with E-state index in [0.29, 0.717) is 0 Å². The number of aromatic amines is 1. The molecule has 0 spiro atoms. The van der Waals surface area contributed by atoms with Gasteiger partial charge in [0.2, 0.25) is 0 Å². The Morgan fingerprint density at radius 2 is 1.67 bits per heavy atom. The number of hydrogen-bond acceptors (Lipinski definition) is 1. The van der Waals surface area contributed by atoms with Crippen molar-refractivity contribution in [3.63, 3.8) is 0 Å². The molecule has 122 valence electrons. The summed E-state index contributed by atoms with van der Waals surface area (Å²) in [6.45, 7) is 0. The standard InChI is InChI=1S/C18H13F3N2O/c19-18(20,21)13-7-4-8-14(11-13)22-17(24)16-10-9-15(23-16)12-5-2-1-3-6-12/h1-11,23H,(H,22,24). The van der Waals surface area contributed by atoms with Crippen LogP contribution < -0.4 is 5.32 Å². The summed E-state index contributed by atoms with van der Waals surface area (Å²) < 4.78 is 38.1. The third-order valence-corrected chi connectivity index (χ3v) is 3.46. The fraction of sp³-hybridized carbons (Fsp3) is 0.0556. The van der Waals surface area contributed by atoms with E-state index in [1.165, 1.54) is 12.1 Å². The monoisotopic (exact) mass is 330 g/mol. The Morgan fingerprint density at radius 1 is 0.917 bits per heavy atom. The zero-order valence-corrected chi connectivity index (χ0v) is 12.4. The lowest BCUT2D eigenvalue weighted by Crippen LogP contribution is -2.13. The summed E-state index contributed by atoms with van der Waals surface area (Å²) >= 11 is 0. The van der Waals surface area contributed by atoms with Crippen LogP contribution in [0.15, 0.2) is 66.7 Å². The van der Waals surface area contributed by atoms with Crippen molar-refractivity contribution < 1.29 is 18.0 Å². The first-order chi connectivity index (χ1) is 11.4. The number of anilines is 1. The molecule has 1 amide bonds. The minimum Gasteiger partial charge on any atom is -0.351 e. The quantitative estimate of drug-likeness (QED) is 0.701. The molecular formula is C18H13F3N2O. The Kier molecular flexibility index (Phi) is 4.12. The fourth-order valence-electron chi connectivity index (χ4n) is 2.29. The van der Waals surface area contributed by atoms with Crippen molar-refractivity contribution in [1.82, 2.24) is 4.98 Å². The van der Waals surface area contributed by atoms with Gasteiger partial charge >= 0.3 is 6.18 Å². The lowest BCUT2D eigenvalue weighted by atomic mass is 10.2. The van der Waals surface area contributed by atoms with Gasteiger partial charge < -0.3 is 10.3 Å². The molecule has 3 nitrogen and oxygen atoms in total. The third kappa shape index (κ3) is 3.48. The first kappa shape index (κ1) is 15.9. The van der Waals surface area contributed by atoms with E-state index in [9.17, 15) is 18.0 Å². The van der Waals surface area contributed by atoms with Gasteiger partial charge in [0.1, 0.15) is 5.69 Å². The van der Waals surface area contributed by atoms with Gasteiger partial charge in [-0.15, -0.1) is 0 Å². The lowest BCUT2D eigenvalue weighted by molar-refractivity contribution is -0.137. The van der Waals surface area contributed by atoms with E-state index in [1.54, 1.807) is 12.1 Å². The topological polar surface area (TPSA) is 44.9 Å². The van der Waals surface area contributed by atoms with Crippen LogP contribution in [0.5, 0.6) is 0 Å². The molecule has 0 unspecified atom stereocenters. The number of amides is 1. The molecule has 0 saturated heterocycles. The molecule has 1 heterocycles. The zero-order chi connectivity index (χ0) is 17.2. The maximum Gasteiger partial charge on any atom is 0.416 e. The SMILES string of the molecule is O=C(Nc1cccc(C(F)(F)F)c1)c1ccc(-c2ccccc2)[nH]1. The lowest BCUT2D eigenvalue weighted by Gasteiger charge is -2.09. The van der Waals surface area contributed by atoms with E-state index < -0.39 is 17.6 Å². The molecule has 2 aromatic carbocycles.